The molecule has 3 aliphatic rings. The van der Waals surface area contributed by atoms with Crippen LogP contribution >= 0.6 is 11.6 Å². The summed E-state index contributed by atoms with van der Waals surface area (Å²) in [4.78, 5) is 48.4. The third-order valence-corrected chi connectivity index (χ3v) is 15.2. The van der Waals surface area contributed by atoms with E-state index in [2.05, 4.69) is 30.9 Å². The predicted octanol–water partition coefficient (Wildman–Crippen LogP) is 7.34. The summed E-state index contributed by atoms with van der Waals surface area (Å²) in [6.45, 7) is 14.9. The molecule has 0 saturated heterocycles. The summed E-state index contributed by atoms with van der Waals surface area (Å²) < 4.78 is 25.0. The number of carbonyl (C=O) groups excluding carboxylic acids is 3. The van der Waals surface area contributed by atoms with E-state index in [1.165, 1.54) is 0 Å². The van der Waals surface area contributed by atoms with E-state index in [-0.39, 0.29) is 63.7 Å². The van der Waals surface area contributed by atoms with Crippen molar-refractivity contribution in [3.8, 4) is 11.6 Å². The van der Waals surface area contributed by atoms with Gasteiger partial charge in [0.15, 0.2) is 42.7 Å². The molecular formula is C35H48ClN3O8Si. The topological polar surface area (TPSA) is 141 Å². The number of allylic oxidation sites excluding steroid dienone is 1. The Bertz CT molecular complexity index is 1640. The zero-order valence-corrected chi connectivity index (χ0v) is 31.2. The van der Waals surface area contributed by atoms with Crippen molar-refractivity contribution in [1.82, 2.24) is 15.0 Å². The van der Waals surface area contributed by atoms with Gasteiger partial charge in [0, 0.05) is 11.5 Å². The smallest absolute Gasteiger partial charge is 0.265 e. The Hall–Kier alpha value is -3.06. The average molecular weight is 702 g/mol. The monoisotopic (exact) mass is 701 g/mol. The van der Waals surface area contributed by atoms with Gasteiger partial charge in [-0.2, -0.15) is 0 Å². The fraction of sp³-hybridized carbons (Fsp3) is 0.629. The van der Waals surface area contributed by atoms with E-state index >= 15 is 4.79 Å². The molecule has 0 amide bonds. The van der Waals surface area contributed by atoms with Crippen LogP contribution in [0.2, 0.25) is 23.3 Å². The molecule has 1 N–H and O–H groups in total. The molecule has 0 aliphatic heterocycles. The van der Waals surface area contributed by atoms with E-state index in [0.717, 1.165) is 19.3 Å². The largest absolute Gasteiger partial charge is 0.508 e. The first-order chi connectivity index (χ1) is 22.6. The van der Waals surface area contributed by atoms with Crippen molar-refractivity contribution in [3.05, 3.63) is 44.6 Å². The van der Waals surface area contributed by atoms with Crippen LogP contribution in [0.3, 0.4) is 0 Å². The summed E-state index contributed by atoms with van der Waals surface area (Å²) in [7, 11) is 0.888. The van der Waals surface area contributed by atoms with E-state index < -0.39 is 49.1 Å². The van der Waals surface area contributed by atoms with Gasteiger partial charge in [-0.05, 0) is 74.5 Å². The molecule has 2 aromatic heterocycles. The van der Waals surface area contributed by atoms with Gasteiger partial charge in [-0.3, -0.25) is 19.3 Å². The zero-order chi connectivity index (χ0) is 35.3. The Morgan fingerprint density at radius 2 is 1.75 bits per heavy atom. The van der Waals surface area contributed by atoms with E-state index in [0.29, 0.717) is 30.6 Å². The Morgan fingerprint density at radius 1 is 1.10 bits per heavy atom. The highest BCUT2D eigenvalue weighted by Crippen LogP contribution is 2.60. The molecule has 0 saturated carbocycles. The predicted molar refractivity (Wildman–Crippen MR) is 183 cm³/mol. The lowest BCUT2D eigenvalue weighted by molar-refractivity contribution is -0.0480. The Kier molecular flexibility index (Phi) is 10.1. The van der Waals surface area contributed by atoms with E-state index in [1.807, 2.05) is 45.9 Å². The lowest BCUT2D eigenvalue weighted by Crippen LogP contribution is -2.65. The first kappa shape index (κ1) is 36.2. The fourth-order valence-electron chi connectivity index (χ4n) is 7.03. The number of aromatic nitrogens is 2. The molecule has 0 spiro atoms. The first-order valence-electron chi connectivity index (χ1n) is 16.9. The molecule has 2 heterocycles. The number of hydrogen-bond acceptors (Lipinski definition) is 11. The lowest BCUT2D eigenvalue weighted by atomic mass is 9.58. The minimum atomic E-state index is -2.85. The number of rotatable bonds is 12. The number of ketones is 2. The van der Waals surface area contributed by atoms with Crippen molar-refractivity contribution in [2.75, 3.05) is 27.3 Å². The van der Waals surface area contributed by atoms with Gasteiger partial charge < -0.3 is 23.5 Å². The maximum absolute atomic E-state index is 15.2. The van der Waals surface area contributed by atoms with Crippen LogP contribution in [-0.2, 0) is 10.8 Å². The van der Waals surface area contributed by atoms with Crippen LogP contribution in [0.25, 0.3) is 0 Å². The molecule has 48 heavy (non-hydrogen) atoms. The van der Waals surface area contributed by atoms with Crippen LogP contribution in [-0.4, -0.2) is 79.2 Å². The van der Waals surface area contributed by atoms with Crippen molar-refractivity contribution in [1.29, 1.82) is 0 Å². The van der Waals surface area contributed by atoms with Crippen LogP contribution in [0, 0.1) is 11.8 Å². The zero-order valence-electron chi connectivity index (χ0n) is 29.5. The number of halogens is 1. The number of unbranched alkanes of at least 4 members (excludes halogenated alkanes) is 2. The molecule has 0 radical (unpaired) electrons. The van der Waals surface area contributed by atoms with Gasteiger partial charge in [-0.25, -0.2) is 4.98 Å². The number of aliphatic hydroxyl groups is 1. The maximum Gasteiger partial charge on any atom is 0.265 e. The lowest BCUT2D eigenvalue weighted by Gasteiger charge is -2.55. The SMILES string of the molecule is CCCCOc1noc2c1C(=O)[C@@]1(O[Si](C)(C)C(C)(C)C)C(O)=C3C(=O)c4c(c(C=O)nc(Cl)c4OCCCC)C[C@H]3C[C@H]1[C@@H]2N(C)C. The van der Waals surface area contributed by atoms with Crippen molar-refractivity contribution in [3.63, 3.8) is 0 Å². The molecule has 4 atom stereocenters. The summed E-state index contributed by atoms with van der Waals surface area (Å²) in [6.07, 6.45) is 4.24. The van der Waals surface area contributed by atoms with E-state index in [4.69, 9.17) is 30.0 Å². The van der Waals surface area contributed by atoms with Gasteiger partial charge in [0.1, 0.15) is 17.0 Å². The van der Waals surface area contributed by atoms with Gasteiger partial charge >= 0.3 is 0 Å². The van der Waals surface area contributed by atoms with E-state index in [1.54, 1.807) is 0 Å². The summed E-state index contributed by atoms with van der Waals surface area (Å²) in [5.74, 6) is -2.30. The van der Waals surface area contributed by atoms with Gasteiger partial charge in [-0.1, -0.05) is 59.1 Å². The Balaban J connectivity index is 1.80. The highest BCUT2D eigenvalue weighted by atomic mass is 35.5. The number of hydrogen-bond donors (Lipinski definition) is 1. The average Bonchev–Trinajstić information content (AvgIpc) is 3.42. The second-order valence-corrected chi connectivity index (χ2v) is 20.0. The van der Waals surface area contributed by atoms with Gasteiger partial charge in [0.25, 0.3) is 5.88 Å². The third-order valence-electron chi connectivity index (χ3n) is 10.5. The fourth-order valence-corrected chi connectivity index (χ4v) is 8.72. The number of aldehydes is 1. The van der Waals surface area contributed by atoms with Gasteiger partial charge in [-0.15, -0.1) is 0 Å². The van der Waals surface area contributed by atoms with Crippen LogP contribution < -0.4 is 9.47 Å². The second kappa shape index (κ2) is 13.3. The highest BCUT2D eigenvalue weighted by molar-refractivity contribution is 6.74. The van der Waals surface area contributed by atoms with Crippen molar-refractivity contribution >= 4 is 37.8 Å². The van der Waals surface area contributed by atoms with Crippen LogP contribution in [0.1, 0.15) is 115 Å². The summed E-state index contributed by atoms with van der Waals surface area (Å²) in [6, 6.07) is -0.569. The maximum atomic E-state index is 15.2. The molecule has 3 aliphatic carbocycles. The van der Waals surface area contributed by atoms with Gasteiger partial charge in [0.2, 0.25) is 5.78 Å². The molecule has 13 heteroatoms. The number of carbonyl (C=O) groups is 3. The Morgan fingerprint density at radius 3 is 2.33 bits per heavy atom. The van der Waals surface area contributed by atoms with Crippen LogP contribution in [0.5, 0.6) is 11.6 Å². The second-order valence-electron chi connectivity index (χ2n) is 14.9. The van der Waals surface area contributed by atoms with Crippen LogP contribution in [0.15, 0.2) is 15.9 Å². The number of nitrogens with zero attached hydrogens (tertiary/aromatic N) is 3. The molecule has 0 fully saturated rings. The summed E-state index contributed by atoms with van der Waals surface area (Å²) in [5.41, 5.74) is -1.20. The number of aliphatic hydroxyl groups excluding tert-OH is 1. The minimum Gasteiger partial charge on any atom is -0.508 e. The number of Topliss-reactive ketones (excluding diaryl/α,β-unsaturated/α-hetero) is 2. The molecule has 11 nitrogen and oxygen atoms in total. The molecule has 0 bridgehead atoms. The van der Waals surface area contributed by atoms with Crippen molar-refractivity contribution < 1.29 is 37.9 Å². The van der Waals surface area contributed by atoms with Gasteiger partial charge in [0.05, 0.1) is 24.8 Å². The number of ether oxygens (including phenoxy) is 2. The van der Waals surface area contributed by atoms with Crippen molar-refractivity contribution in [2.24, 2.45) is 11.8 Å². The molecule has 5 rings (SSSR count). The minimum absolute atomic E-state index is 0.0484. The number of pyridine rings is 1. The normalized spacial score (nSPS) is 23.9. The molecule has 262 valence electrons. The van der Waals surface area contributed by atoms with Crippen LogP contribution in [0.4, 0.5) is 0 Å². The molecule has 2 aromatic rings. The molecule has 0 aromatic carbocycles. The third kappa shape index (κ3) is 5.72. The van der Waals surface area contributed by atoms with E-state index in [9.17, 15) is 14.7 Å². The highest BCUT2D eigenvalue weighted by Gasteiger charge is 2.67. The molecule has 0 unspecified atom stereocenters. The Labute approximate surface area is 288 Å². The quantitative estimate of drug-likeness (QED) is 0.103. The standard InChI is InChI=1S/C35H48ClN3O8Si/c1-10-12-14-44-29-24-20(22(18-40)37-32(29)36)16-19-17-21-26(39(6)7)28-25(33(38-46-28)45-15-13-11-2)31(43)35(21,30(42)23(19)27(24)41)47-48(8,9)34(3,4)5/h18-19,21,26,42H,10-17H2,1-9H3/t19-,21-,26-,35-/m0/s1. The van der Waals surface area contributed by atoms with Crippen molar-refractivity contribution in [2.45, 2.75) is 103 Å². The number of fused-ring (bicyclic) bond motifs is 4. The first-order valence-corrected chi connectivity index (χ1v) is 20.2. The summed E-state index contributed by atoms with van der Waals surface area (Å²) in [5, 5.41) is 16.4. The summed E-state index contributed by atoms with van der Waals surface area (Å²) >= 11 is 6.53. The molecular weight excluding hydrogens is 654 g/mol.